The molecule has 0 aliphatic rings. The second kappa shape index (κ2) is 14.7. The van der Waals surface area contributed by atoms with E-state index in [-0.39, 0.29) is 17.4 Å². The van der Waals surface area contributed by atoms with E-state index in [4.69, 9.17) is 9.72 Å². The Morgan fingerprint density at radius 2 is 2.03 bits per heavy atom. The number of nitrogens with one attached hydrogen (secondary N) is 1. The Hall–Kier alpha value is -1.99. The molecule has 1 aromatic carbocycles. The maximum absolute atomic E-state index is 11.9. The van der Waals surface area contributed by atoms with E-state index in [1.807, 2.05) is 13.8 Å². The lowest BCUT2D eigenvalue weighted by Gasteiger charge is -2.26. The smallest absolute Gasteiger partial charge is 0.220 e. The number of amides is 1. The van der Waals surface area contributed by atoms with E-state index in [9.17, 15) is 4.79 Å². The number of ether oxygens (including phenoxy) is 1. The van der Waals surface area contributed by atoms with Crippen molar-refractivity contribution in [2.75, 3.05) is 20.3 Å². The monoisotopic (exact) mass is 516 g/mol. The van der Waals surface area contributed by atoms with Crippen LogP contribution in [0.2, 0.25) is 0 Å². The van der Waals surface area contributed by atoms with Crippen LogP contribution in [0.3, 0.4) is 0 Å². The van der Waals surface area contributed by atoms with Crippen molar-refractivity contribution in [3.8, 4) is 0 Å². The zero-order valence-corrected chi connectivity index (χ0v) is 24.6. The lowest BCUT2D eigenvalue weighted by Crippen LogP contribution is -2.29. The molecule has 0 fully saturated rings. The molecular weight excluding hydrogens is 468 g/mol. The Labute approximate surface area is 223 Å². The molecule has 0 saturated heterocycles. The number of allylic oxidation sites excluding steroid dienone is 1. The highest BCUT2D eigenvalue weighted by atomic mass is 32.2. The SMILES string of the molecule is CCC(CCOC)Cn1c(C(C)(C)CC)nc2cc(SN(/C=C\CCC(=O)NC(C)C)CC)ccc21. The van der Waals surface area contributed by atoms with Crippen molar-refractivity contribution in [3.05, 3.63) is 36.3 Å². The number of rotatable bonds is 16. The van der Waals surface area contributed by atoms with Gasteiger partial charge < -0.3 is 18.9 Å². The molecular formula is C29H48N4O2S. The van der Waals surface area contributed by atoms with Crippen LogP contribution in [-0.4, -0.2) is 46.1 Å². The van der Waals surface area contributed by atoms with E-state index in [2.05, 4.69) is 79.3 Å². The Balaban J connectivity index is 2.22. The molecule has 0 bridgehead atoms. The second-order valence-corrected chi connectivity index (χ2v) is 11.6. The van der Waals surface area contributed by atoms with Gasteiger partial charge in [0.2, 0.25) is 5.91 Å². The number of hydrogen-bond acceptors (Lipinski definition) is 5. The number of hydrogen-bond donors (Lipinski definition) is 1. The van der Waals surface area contributed by atoms with Crippen LogP contribution in [0.5, 0.6) is 0 Å². The number of methoxy groups -OCH3 is 1. The van der Waals surface area contributed by atoms with Crippen molar-refractivity contribution in [1.29, 1.82) is 0 Å². The molecule has 202 valence electrons. The molecule has 6 nitrogen and oxygen atoms in total. The van der Waals surface area contributed by atoms with E-state index in [1.165, 1.54) is 16.2 Å². The highest BCUT2D eigenvalue weighted by molar-refractivity contribution is 7.97. The minimum Gasteiger partial charge on any atom is -0.385 e. The molecule has 1 heterocycles. The van der Waals surface area contributed by atoms with Crippen LogP contribution in [0.4, 0.5) is 0 Å². The quantitative estimate of drug-likeness (QED) is 0.245. The number of carbonyl (C=O) groups is 1. The molecule has 1 N–H and O–H groups in total. The van der Waals surface area contributed by atoms with Crippen LogP contribution < -0.4 is 5.32 Å². The summed E-state index contributed by atoms with van der Waals surface area (Å²) in [7, 11) is 1.78. The van der Waals surface area contributed by atoms with Crippen LogP contribution in [0, 0.1) is 5.92 Å². The molecule has 0 spiro atoms. The van der Waals surface area contributed by atoms with E-state index in [0.29, 0.717) is 12.3 Å². The Kier molecular flexibility index (Phi) is 12.3. The highest BCUT2D eigenvalue weighted by Gasteiger charge is 2.27. The molecule has 0 aliphatic heterocycles. The number of fused-ring (bicyclic) bond motifs is 1. The minimum absolute atomic E-state index is 0.00588. The van der Waals surface area contributed by atoms with Gasteiger partial charge in [0.05, 0.1) is 11.0 Å². The van der Waals surface area contributed by atoms with Crippen LogP contribution in [0.15, 0.2) is 35.4 Å². The molecule has 1 atom stereocenters. The van der Waals surface area contributed by atoms with Crippen molar-refractivity contribution in [3.63, 3.8) is 0 Å². The van der Waals surface area contributed by atoms with Gasteiger partial charge in [-0.3, -0.25) is 4.79 Å². The fraction of sp³-hybridized carbons (Fsp3) is 0.655. The Bertz CT molecular complexity index is 983. The summed E-state index contributed by atoms with van der Waals surface area (Å²) >= 11 is 1.71. The van der Waals surface area contributed by atoms with Crippen LogP contribution in [0.25, 0.3) is 11.0 Å². The minimum atomic E-state index is 0.00588. The van der Waals surface area contributed by atoms with Crippen molar-refractivity contribution >= 4 is 28.9 Å². The summed E-state index contributed by atoms with van der Waals surface area (Å²) in [6.07, 6.45) is 8.63. The van der Waals surface area contributed by atoms with Gasteiger partial charge in [-0.05, 0) is 76.1 Å². The molecule has 2 rings (SSSR count). The first-order chi connectivity index (χ1) is 17.1. The third-order valence-electron chi connectivity index (χ3n) is 6.75. The summed E-state index contributed by atoms with van der Waals surface area (Å²) in [6, 6.07) is 6.84. The summed E-state index contributed by atoms with van der Waals surface area (Å²) in [6.45, 7) is 17.8. The summed E-state index contributed by atoms with van der Waals surface area (Å²) < 4.78 is 10.0. The van der Waals surface area contributed by atoms with Crippen LogP contribution in [0.1, 0.15) is 86.4 Å². The van der Waals surface area contributed by atoms with Crippen molar-refractivity contribution < 1.29 is 9.53 Å². The summed E-state index contributed by atoms with van der Waals surface area (Å²) in [4.78, 5) is 18.2. The zero-order valence-electron chi connectivity index (χ0n) is 23.8. The van der Waals surface area contributed by atoms with Gasteiger partial charge in [-0.25, -0.2) is 4.98 Å². The van der Waals surface area contributed by atoms with Gasteiger partial charge in [-0.15, -0.1) is 0 Å². The van der Waals surface area contributed by atoms with Crippen LogP contribution >= 0.6 is 11.9 Å². The predicted octanol–water partition coefficient (Wildman–Crippen LogP) is 6.93. The zero-order chi connectivity index (χ0) is 26.7. The largest absolute Gasteiger partial charge is 0.385 e. The Morgan fingerprint density at radius 1 is 1.28 bits per heavy atom. The molecule has 0 radical (unpaired) electrons. The molecule has 36 heavy (non-hydrogen) atoms. The molecule has 0 aliphatic carbocycles. The third kappa shape index (κ3) is 8.84. The lowest BCUT2D eigenvalue weighted by atomic mass is 9.89. The summed E-state index contributed by atoms with van der Waals surface area (Å²) in [5.74, 6) is 1.83. The van der Waals surface area contributed by atoms with Gasteiger partial charge in [-0.2, -0.15) is 0 Å². The number of aromatic nitrogens is 2. The third-order valence-corrected chi connectivity index (χ3v) is 7.83. The van der Waals surface area contributed by atoms with Gasteiger partial charge in [0.25, 0.3) is 0 Å². The second-order valence-electron chi connectivity index (χ2n) is 10.5. The highest BCUT2D eigenvalue weighted by Crippen LogP contribution is 2.33. The molecule has 1 aromatic heterocycles. The first kappa shape index (κ1) is 30.2. The fourth-order valence-corrected chi connectivity index (χ4v) is 4.97. The van der Waals surface area contributed by atoms with E-state index in [0.717, 1.165) is 50.9 Å². The standard InChI is InChI=1S/C29H48N4O2S/c1-9-23(17-19-35-8)21-33-26-16-15-24(20-25(26)31-28(33)29(6,7)10-2)36-32(11-3)18-13-12-14-27(34)30-22(4)5/h13,15-16,18,20,22-23H,9-12,14,17,19,21H2,1-8H3,(H,30,34)/b18-13-. The molecule has 1 unspecified atom stereocenters. The lowest BCUT2D eigenvalue weighted by molar-refractivity contribution is -0.121. The number of imidazole rings is 1. The van der Waals surface area contributed by atoms with Crippen molar-refractivity contribution in [2.45, 2.75) is 103 Å². The van der Waals surface area contributed by atoms with Crippen molar-refractivity contribution in [2.24, 2.45) is 5.92 Å². The average molecular weight is 517 g/mol. The first-order valence-corrected chi connectivity index (χ1v) is 14.3. The van der Waals surface area contributed by atoms with Gasteiger partial charge in [0, 0.05) is 55.8 Å². The number of nitrogens with zero attached hydrogens (tertiary/aromatic N) is 3. The van der Waals surface area contributed by atoms with E-state index >= 15 is 0 Å². The van der Waals surface area contributed by atoms with E-state index < -0.39 is 0 Å². The molecule has 0 saturated carbocycles. The summed E-state index contributed by atoms with van der Waals surface area (Å²) in [5, 5.41) is 2.94. The van der Waals surface area contributed by atoms with Gasteiger partial charge in [0.15, 0.2) is 0 Å². The first-order valence-electron chi connectivity index (χ1n) is 13.5. The number of carbonyl (C=O) groups excluding carboxylic acids is 1. The Morgan fingerprint density at radius 3 is 2.64 bits per heavy atom. The van der Waals surface area contributed by atoms with Gasteiger partial charge >= 0.3 is 0 Å². The maximum atomic E-state index is 11.9. The predicted molar refractivity (Wildman–Crippen MR) is 153 cm³/mol. The topological polar surface area (TPSA) is 59.4 Å². The normalized spacial score (nSPS) is 13.1. The van der Waals surface area contributed by atoms with Gasteiger partial charge in [-0.1, -0.05) is 40.2 Å². The number of benzene rings is 1. The maximum Gasteiger partial charge on any atom is 0.220 e. The molecule has 7 heteroatoms. The average Bonchev–Trinajstić information content (AvgIpc) is 3.21. The van der Waals surface area contributed by atoms with Crippen LogP contribution in [-0.2, 0) is 21.5 Å². The van der Waals surface area contributed by atoms with Crippen molar-refractivity contribution in [1.82, 2.24) is 19.2 Å². The summed E-state index contributed by atoms with van der Waals surface area (Å²) in [5.41, 5.74) is 2.27. The fourth-order valence-electron chi connectivity index (χ4n) is 4.13. The molecule has 1 amide bonds. The van der Waals surface area contributed by atoms with E-state index in [1.54, 1.807) is 19.1 Å². The van der Waals surface area contributed by atoms with Gasteiger partial charge in [0.1, 0.15) is 5.82 Å². The molecule has 2 aromatic rings.